The molecule has 0 radical (unpaired) electrons. The minimum atomic E-state index is -0.663. The van der Waals surface area contributed by atoms with Crippen LogP contribution in [0, 0.1) is 5.92 Å². The molecule has 1 aliphatic heterocycles. The molecular weight excluding hydrogens is 334 g/mol. The number of carbonyl (C=O) groups excluding carboxylic acids is 2. The van der Waals surface area contributed by atoms with Crippen LogP contribution in [-0.2, 0) is 14.3 Å². The average molecular weight is 364 g/mol. The third kappa shape index (κ3) is 9.35. The molecular formula is C16H29NO4S2. The van der Waals surface area contributed by atoms with Gasteiger partial charge in [0.1, 0.15) is 18.2 Å². The van der Waals surface area contributed by atoms with Crippen LogP contribution in [0.15, 0.2) is 0 Å². The van der Waals surface area contributed by atoms with Gasteiger partial charge in [-0.25, -0.2) is 9.59 Å². The van der Waals surface area contributed by atoms with Crippen molar-refractivity contribution in [2.24, 2.45) is 5.92 Å². The number of carbonyl (C=O) groups is 2. The molecule has 1 amide bonds. The van der Waals surface area contributed by atoms with Crippen LogP contribution >= 0.6 is 23.5 Å². The van der Waals surface area contributed by atoms with Gasteiger partial charge in [-0.1, -0.05) is 13.8 Å². The largest absolute Gasteiger partial charge is 0.462 e. The Kier molecular flexibility index (Phi) is 8.61. The molecule has 1 heterocycles. The first-order chi connectivity index (χ1) is 10.7. The summed E-state index contributed by atoms with van der Waals surface area (Å²) in [5.41, 5.74) is -0.592. The van der Waals surface area contributed by atoms with Gasteiger partial charge >= 0.3 is 12.1 Å². The number of rotatable bonds is 6. The van der Waals surface area contributed by atoms with E-state index in [0.29, 0.717) is 17.6 Å². The minimum absolute atomic E-state index is 0.265. The van der Waals surface area contributed by atoms with Crippen LogP contribution in [0.25, 0.3) is 0 Å². The van der Waals surface area contributed by atoms with E-state index in [1.54, 1.807) is 20.8 Å². The van der Waals surface area contributed by atoms with Crippen molar-refractivity contribution in [1.82, 2.24) is 5.32 Å². The maximum absolute atomic E-state index is 12.3. The Morgan fingerprint density at radius 1 is 1.22 bits per heavy atom. The summed E-state index contributed by atoms with van der Waals surface area (Å²) in [6.45, 7) is 9.77. The van der Waals surface area contributed by atoms with Gasteiger partial charge in [0.25, 0.3) is 0 Å². The Morgan fingerprint density at radius 3 is 2.35 bits per heavy atom. The van der Waals surface area contributed by atoms with Gasteiger partial charge in [-0.2, -0.15) is 0 Å². The predicted molar refractivity (Wildman–Crippen MR) is 96.9 cm³/mol. The summed E-state index contributed by atoms with van der Waals surface area (Å²) in [4.78, 5) is 24.2. The third-order valence-corrected chi connectivity index (χ3v) is 5.82. The highest BCUT2D eigenvalue weighted by molar-refractivity contribution is 8.17. The van der Waals surface area contributed by atoms with Gasteiger partial charge in [0.05, 0.1) is 4.58 Å². The van der Waals surface area contributed by atoms with Gasteiger partial charge < -0.3 is 14.8 Å². The predicted octanol–water partition coefficient (Wildman–Crippen LogP) is 3.67. The zero-order valence-corrected chi connectivity index (χ0v) is 16.4. The van der Waals surface area contributed by atoms with Crippen molar-refractivity contribution in [3.05, 3.63) is 0 Å². The molecule has 0 aromatic carbocycles. The molecule has 1 saturated heterocycles. The minimum Gasteiger partial charge on any atom is -0.462 e. The molecule has 7 heteroatoms. The van der Waals surface area contributed by atoms with Crippen LogP contribution in [0.5, 0.6) is 0 Å². The molecule has 134 valence electrons. The summed E-state index contributed by atoms with van der Waals surface area (Å²) >= 11 is 3.65. The first-order valence-corrected chi connectivity index (χ1v) is 10.2. The standard InChI is InChI=1S/C16H29NO4S2/c1-11(2)9-12(17-15(19)21-16(3,4)5)14(18)20-10-13-22-7-6-8-23-13/h11-13H,6-10H2,1-5H3,(H,17,19)/t12-/m0/s1. The van der Waals surface area contributed by atoms with E-state index in [1.165, 1.54) is 6.42 Å². The maximum atomic E-state index is 12.3. The Bertz CT molecular complexity index is 390. The SMILES string of the molecule is CC(C)C[C@H](NC(=O)OC(C)(C)C)C(=O)OCC1SCCCS1. The third-order valence-electron chi connectivity index (χ3n) is 2.94. The highest BCUT2D eigenvalue weighted by Gasteiger charge is 2.27. The topological polar surface area (TPSA) is 64.6 Å². The lowest BCUT2D eigenvalue weighted by molar-refractivity contribution is -0.146. The monoisotopic (exact) mass is 363 g/mol. The molecule has 0 spiro atoms. The highest BCUT2D eigenvalue weighted by Crippen LogP contribution is 2.30. The van der Waals surface area contributed by atoms with Crippen molar-refractivity contribution in [3.8, 4) is 0 Å². The van der Waals surface area contributed by atoms with Gasteiger partial charge in [0.2, 0.25) is 0 Å². The van der Waals surface area contributed by atoms with Gasteiger partial charge in [0.15, 0.2) is 0 Å². The van der Waals surface area contributed by atoms with Crippen LogP contribution in [0.1, 0.15) is 47.5 Å². The molecule has 0 saturated carbocycles. The second kappa shape index (κ2) is 9.67. The molecule has 0 aromatic rings. The van der Waals surface area contributed by atoms with Gasteiger partial charge in [-0.15, -0.1) is 23.5 Å². The summed E-state index contributed by atoms with van der Waals surface area (Å²) in [6, 6.07) is -0.663. The molecule has 1 fully saturated rings. The lowest BCUT2D eigenvalue weighted by atomic mass is 10.0. The van der Waals surface area contributed by atoms with Crippen molar-refractivity contribution in [3.63, 3.8) is 0 Å². The molecule has 1 rings (SSSR count). The Balaban J connectivity index is 2.50. The Labute approximate surface area is 148 Å². The lowest BCUT2D eigenvalue weighted by Crippen LogP contribution is -2.45. The van der Waals surface area contributed by atoms with Crippen LogP contribution in [0.4, 0.5) is 4.79 Å². The van der Waals surface area contributed by atoms with Gasteiger partial charge in [-0.3, -0.25) is 0 Å². The second-order valence-electron chi connectivity index (χ2n) is 6.98. The second-order valence-corrected chi connectivity index (χ2v) is 9.90. The fourth-order valence-corrected chi connectivity index (χ4v) is 4.64. The number of hydrogen-bond donors (Lipinski definition) is 1. The van der Waals surface area contributed by atoms with Crippen LogP contribution in [0.2, 0.25) is 0 Å². The normalized spacial score (nSPS) is 17.7. The van der Waals surface area contributed by atoms with Crippen molar-refractivity contribution < 1.29 is 19.1 Å². The van der Waals surface area contributed by atoms with E-state index in [1.807, 2.05) is 37.4 Å². The zero-order valence-electron chi connectivity index (χ0n) is 14.7. The maximum Gasteiger partial charge on any atom is 0.408 e. The van der Waals surface area contributed by atoms with Crippen molar-refractivity contribution in [2.75, 3.05) is 18.1 Å². The number of alkyl carbamates (subject to hydrolysis) is 1. The molecule has 5 nitrogen and oxygen atoms in total. The molecule has 1 atom stereocenters. The molecule has 1 aliphatic rings. The van der Waals surface area contributed by atoms with Crippen molar-refractivity contribution in [2.45, 2.75) is 63.7 Å². The summed E-state index contributed by atoms with van der Waals surface area (Å²) in [7, 11) is 0. The first kappa shape index (κ1) is 20.5. The number of esters is 1. The number of hydrogen-bond acceptors (Lipinski definition) is 6. The zero-order chi connectivity index (χ0) is 17.5. The summed E-state index contributed by atoms with van der Waals surface area (Å²) in [5, 5.41) is 2.64. The smallest absolute Gasteiger partial charge is 0.408 e. The van der Waals surface area contributed by atoms with E-state index in [2.05, 4.69) is 5.32 Å². The Morgan fingerprint density at radius 2 is 1.83 bits per heavy atom. The average Bonchev–Trinajstić information content (AvgIpc) is 2.42. The molecule has 0 aliphatic carbocycles. The van der Waals surface area contributed by atoms with E-state index in [9.17, 15) is 9.59 Å². The van der Waals surface area contributed by atoms with Gasteiger partial charge in [-0.05, 0) is 51.0 Å². The summed E-state index contributed by atoms with van der Waals surface area (Å²) in [6.07, 6.45) is 1.15. The number of amides is 1. The quantitative estimate of drug-likeness (QED) is 0.727. The van der Waals surface area contributed by atoms with E-state index < -0.39 is 17.7 Å². The summed E-state index contributed by atoms with van der Waals surface area (Å²) < 4.78 is 11.0. The molecule has 23 heavy (non-hydrogen) atoms. The Hall–Kier alpha value is -0.560. The van der Waals surface area contributed by atoms with E-state index in [4.69, 9.17) is 9.47 Å². The fraction of sp³-hybridized carbons (Fsp3) is 0.875. The molecule has 0 unspecified atom stereocenters. The molecule has 0 bridgehead atoms. The number of ether oxygens (including phenoxy) is 2. The summed E-state index contributed by atoms with van der Waals surface area (Å²) in [5.74, 6) is 2.11. The van der Waals surface area contributed by atoms with Crippen molar-refractivity contribution in [1.29, 1.82) is 0 Å². The first-order valence-electron chi connectivity index (χ1n) is 8.06. The van der Waals surface area contributed by atoms with Crippen LogP contribution in [-0.4, -0.2) is 46.4 Å². The fourth-order valence-electron chi connectivity index (χ4n) is 2.02. The van der Waals surface area contributed by atoms with Crippen LogP contribution < -0.4 is 5.32 Å². The number of thioether (sulfide) groups is 2. The van der Waals surface area contributed by atoms with E-state index >= 15 is 0 Å². The lowest BCUT2D eigenvalue weighted by Gasteiger charge is -2.25. The van der Waals surface area contributed by atoms with Crippen LogP contribution in [0.3, 0.4) is 0 Å². The van der Waals surface area contributed by atoms with E-state index in [-0.39, 0.29) is 11.9 Å². The van der Waals surface area contributed by atoms with E-state index in [0.717, 1.165) is 11.5 Å². The number of nitrogens with one attached hydrogen (secondary N) is 1. The molecule has 1 N–H and O–H groups in total. The van der Waals surface area contributed by atoms with Gasteiger partial charge in [0, 0.05) is 0 Å². The molecule has 0 aromatic heterocycles. The highest BCUT2D eigenvalue weighted by atomic mass is 32.2. The van der Waals surface area contributed by atoms with Crippen molar-refractivity contribution >= 4 is 35.6 Å².